The Morgan fingerprint density at radius 2 is 2.00 bits per heavy atom. The number of hydrogen-bond acceptors (Lipinski definition) is 4. The molecule has 1 rings (SSSR count). The highest BCUT2D eigenvalue weighted by atomic mass is 32.2. The van der Waals surface area contributed by atoms with Crippen molar-refractivity contribution >= 4 is 27.5 Å². The fourth-order valence-corrected chi connectivity index (χ4v) is 3.39. The van der Waals surface area contributed by atoms with E-state index >= 15 is 0 Å². The lowest BCUT2D eigenvalue weighted by molar-refractivity contribution is -0.119. The van der Waals surface area contributed by atoms with E-state index in [1.54, 1.807) is 13.8 Å². The first kappa shape index (κ1) is 17.9. The van der Waals surface area contributed by atoms with E-state index in [4.69, 9.17) is 0 Å². The summed E-state index contributed by atoms with van der Waals surface area (Å²) in [4.78, 5) is 12.1. The Kier molecular flexibility index (Phi) is 6.60. The molecule has 0 saturated heterocycles. The average Bonchev–Trinajstić information content (AvgIpc) is 2.39. The molecule has 0 aliphatic rings. The number of carbonyl (C=O) groups excluding carboxylic acids is 1. The summed E-state index contributed by atoms with van der Waals surface area (Å²) in [5.41, 5.74) is 0. The van der Waals surface area contributed by atoms with E-state index in [0.29, 0.717) is 4.90 Å². The van der Waals surface area contributed by atoms with Gasteiger partial charge >= 0.3 is 0 Å². The molecule has 1 amide bonds. The van der Waals surface area contributed by atoms with Gasteiger partial charge in [0.2, 0.25) is 5.91 Å². The molecule has 1 unspecified atom stereocenters. The van der Waals surface area contributed by atoms with Crippen LogP contribution in [-0.4, -0.2) is 37.6 Å². The third-order valence-corrected chi connectivity index (χ3v) is 5.49. The monoisotopic (exact) mass is 337 g/mol. The third kappa shape index (κ3) is 6.43. The largest absolute Gasteiger partial charge is 0.352 e. The number of halogens is 2. The Labute approximate surface area is 127 Å². The van der Waals surface area contributed by atoms with Crippen LogP contribution in [0.15, 0.2) is 23.1 Å². The maximum Gasteiger partial charge on any atom is 0.230 e. The number of benzene rings is 1. The van der Waals surface area contributed by atoms with Crippen molar-refractivity contribution in [3.63, 3.8) is 0 Å². The minimum Gasteiger partial charge on any atom is -0.352 e. The second-order valence-electron chi connectivity index (χ2n) is 4.53. The van der Waals surface area contributed by atoms with Gasteiger partial charge in [-0.3, -0.25) is 4.79 Å². The summed E-state index contributed by atoms with van der Waals surface area (Å²) in [5.74, 6) is -2.36. The molecule has 1 atom stereocenters. The minimum absolute atomic E-state index is 0.00157. The molecule has 0 heterocycles. The Morgan fingerprint density at radius 1 is 1.33 bits per heavy atom. The van der Waals surface area contributed by atoms with E-state index in [0.717, 1.165) is 23.9 Å². The predicted octanol–water partition coefficient (Wildman–Crippen LogP) is 2.00. The van der Waals surface area contributed by atoms with Crippen LogP contribution in [0.25, 0.3) is 0 Å². The zero-order valence-electron chi connectivity index (χ0n) is 11.7. The molecule has 0 fully saturated rings. The first-order valence-electron chi connectivity index (χ1n) is 6.31. The fourth-order valence-electron chi connectivity index (χ4n) is 1.57. The normalized spacial score (nSPS) is 13.0. The number of nitrogens with one attached hydrogen (secondary N) is 1. The molecule has 118 valence electrons. The Morgan fingerprint density at radius 3 is 2.57 bits per heavy atom. The zero-order valence-corrected chi connectivity index (χ0v) is 13.4. The quantitative estimate of drug-likeness (QED) is 0.773. The van der Waals surface area contributed by atoms with E-state index < -0.39 is 27.5 Å². The highest BCUT2D eigenvalue weighted by molar-refractivity contribution is 8.00. The van der Waals surface area contributed by atoms with Crippen molar-refractivity contribution in [1.82, 2.24) is 5.32 Å². The number of thioether (sulfide) groups is 1. The molecule has 1 aromatic carbocycles. The van der Waals surface area contributed by atoms with Crippen LogP contribution in [-0.2, 0) is 14.6 Å². The SMILES string of the molecule is CCS(=O)(=O)CC(C)NC(=O)CSc1ccc(F)c(F)c1. The van der Waals surface area contributed by atoms with Crippen molar-refractivity contribution in [2.45, 2.75) is 24.8 Å². The standard InChI is InChI=1S/C13H17F2NO3S2/c1-3-21(18,19)8-9(2)16-13(17)7-20-10-4-5-11(14)12(15)6-10/h4-6,9H,3,7-8H2,1-2H3,(H,16,17). The smallest absolute Gasteiger partial charge is 0.230 e. The summed E-state index contributed by atoms with van der Waals surface area (Å²) in [7, 11) is -3.15. The molecular formula is C13H17F2NO3S2. The molecule has 0 radical (unpaired) electrons. The Bertz CT molecular complexity index is 605. The Hall–Kier alpha value is -1.15. The molecule has 0 aliphatic carbocycles. The van der Waals surface area contributed by atoms with Gasteiger partial charge in [-0.15, -0.1) is 11.8 Å². The molecule has 0 aromatic heterocycles. The summed E-state index contributed by atoms with van der Waals surface area (Å²) >= 11 is 1.05. The van der Waals surface area contributed by atoms with Crippen molar-refractivity contribution in [2.75, 3.05) is 17.3 Å². The predicted molar refractivity (Wildman–Crippen MR) is 79.0 cm³/mol. The molecule has 21 heavy (non-hydrogen) atoms. The van der Waals surface area contributed by atoms with Crippen LogP contribution in [0.3, 0.4) is 0 Å². The highest BCUT2D eigenvalue weighted by Gasteiger charge is 2.15. The maximum absolute atomic E-state index is 13.0. The topological polar surface area (TPSA) is 63.2 Å². The van der Waals surface area contributed by atoms with E-state index in [2.05, 4.69) is 5.32 Å². The zero-order chi connectivity index (χ0) is 16.0. The summed E-state index contributed by atoms with van der Waals surface area (Å²) in [6.45, 7) is 3.15. The van der Waals surface area contributed by atoms with Gasteiger partial charge in [0.1, 0.15) is 0 Å². The van der Waals surface area contributed by atoms with Gasteiger partial charge in [0.15, 0.2) is 21.5 Å². The molecule has 0 aliphatic heterocycles. The molecule has 0 spiro atoms. The van der Waals surface area contributed by atoms with Crippen molar-refractivity contribution in [3.8, 4) is 0 Å². The van der Waals surface area contributed by atoms with Crippen LogP contribution in [0.1, 0.15) is 13.8 Å². The summed E-state index contributed by atoms with van der Waals surface area (Å²) in [6.07, 6.45) is 0. The molecule has 0 bridgehead atoms. The fraction of sp³-hybridized carbons (Fsp3) is 0.462. The van der Waals surface area contributed by atoms with Crippen LogP contribution in [0.5, 0.6) is 0 Å². The summed E-state index contributed by atoms with van der Waals surface area (Å²) < 4.78 is 48.5. The van der Waals surface area contributed by atoms with Gasteiger partial charge in [-0.2, -0.15) is 0 Å². The number of hydrogen-bond donors (Lipinski definition) is 1. The first-order valence-corrected chi connectivity index (χ1v) is 9.12. The van der Waals surface area contributed by atoms with Gasteiger partial charge in [-0.1, -0.05) is 6.92 Å². The van der Waals surface area contributed by atoms with Crippen LogP contribution in [0.4, 0.5) is 8.78 Å². The highest BCUT2D eigenvalue weighted by Crippen LogP contribution is 2.20. The van der Waals surface area contributed by atoms with Crippen molar-refractivity contribution in [1.29, 1.82) is 0 Å². The molecule has 1 aromatic rings. The van der Waals surface area contributed by atoms with Crippen molar-refractivity contribution < 1.29 is 22.0 Å². The molecule has 0 saturated carbocycles. The number of rotatable bonds is 7. The first-order chi connectivity index (χ1) is 9.73. The molecule has 1 N–H and O–H groups in total. The minimum atomic E-state index is -3.15. The molecular weight excluding hydrogens is 320 g/mol. The number of carbonyl (C=O) groups is 1. The second-order valence-corrected chi connectivity index (χ2v) is 7.98. The van der Waals surface area contributed by atoms with Gasteiger partial charge in [-0.25, -0.2) is 17.2 Å². The van der Waals surface area contributed by atoms with Crippen molar-refractivity contribution in [2.24, 2.45) is 0 Å². The Balaban J connectivity index is 2.45. The van der Waals surface area contributed by atoms with Gasteiger partial charge in [0.05, 0.1) is 11.5 Å². The van der Waals surface area contributed by atoms with Gasteiger partial charge in [0, 0.05) is 16.7 Å². The average molecular weight is 337 g/mol. The van der Waals surface area contributed by atoms with Crippen molar-refractivity contribution in [3.05, 3.63) is 29.8 Å². The number of amides is 1. The van der Waals surface area contributed by atoms with Crippen LogP contribution < -0.4 is 5.32 Å². The molecule has 8 heteroatoms. The molecule has 4 nitrogen and oxygen atoms in total. The van der Waals surface area contributed by atoms with Gasteiger partial charge in [-0.05, 0) is 25.1 Å². The lowest BCUT2D eigenvalue weighted by Crippen LogP contribution is -2.38. The maximum atomic E-state index is 13.0. The second kappa shape index (κ2) is 7.74. The lowest BCUT2D eigenvalue weighted by Gasteiger charge is -2.13. The summed E-state index contributed by atoms with van der Waals surface area (Å²) in [6, 6.07) is 2.89. The summed E-state index contributed by atoms with van der Waals surface area (Å²) in [5, 5.41) is 2.56. The number of sulfone groups is 1. The van der Waals surface area contributed by atoms with Crippen LogP contribution in [0.2, 0.25) is 0 Å². The van der Waals surface area contributed by atoms with E-state index in [-0.39, 0.29) is 23.2 Å². The van der Waals surface area contributed by atoms with Gasteiger partial charge < -0.3 is 5.32 Å². The van der Waals surface area contributed by atoms with E-state index in [1.807, 2.05) is 0 Å². The lowest BCUT2D eigenvalue weighted by atomic mass is 10.3. The van der Waals surface area contributed by atoms with Crippen LogP contribution in [0, 0.1) is 11.6 Å². The van der Waals surface area contributed by atoms with Crippen LogP contribution >= 0.6 is 11.8 Å². The third-order valence-electron chi connectivity index (χ3n) is 2.61. The van der Waals surface area contributed by atoms with E-state index in [9.17, 15) is 22.0 Å². The van der Waals surface area contributed by atoms with Gasteiger partial charge in [0.25, 0.3) is 0 Å². The van der Waals surface area contributed by atoms with E-state index in [1.165, 1.54) is 6.07 Å².